The zero-order valence-electron chi connectivity index (χ0n) is 13.0. The van der Waals surface area contributed by atoms with Gasteiger partial charge in [0.15, 0.2) is 6.04 Å². The fourth-order valence-corrected chi connectivity index (χ4v) is 2.56. The van der Waals surface area contributed by atoms with Crippen LogP contribution in [0.1, 0.15) is 31.4 Å². The van der Waals surface area contributed by atoms with E-state index in [1.165, 1.54) is 6.07 Å². The number of ether oxygens (including phenoxy) is 1. The molecule has 1 aromatic rings. The van der Waals surface area contributed by atoms with E-state index in [0.29, 0.717) is 0 Å². The number of esters is 1. The third-order valence-electron chi connectivity index (χ3n) is 3.65. The molecule has 0 aliphatic heterocycles. The number of nitrogens with one attached hydrogen (secondary N) is 2. The number of halogens is 5. The van der Waals surface area contributed by atoms with Gasteiger partial charge in [0.1, 0.15) is 11.4 Å². The van der Waals surface area contributed by atoms with Crippen LogP contribution in [-0.4, -0.2) is 30.3 Å². The molecule has 5 nitrogen and oxygen atoms in total. The average Bonchev–Trinajstić information content (AvgIpc) is 3.25. The molecule has 1 aromatic carbocycles. The summed E-state index contributed by atoms with van der Waals surface area (Å²) in [6.07, 6.45) is -4.39. The fourth-order valence-electron chi connectivity index (χ4n) is 2.23. The van der Waals surface area contributed by atoms with E-state index >= 15 is 0 Å². The molecule has 0 radical (unpaired) electrons. The smallest absolute Gasteiger partial charge is 0.413 e. The highest BCUT2D eigenvalue weighted by molar-refractivity contribution is 9.10. The molecular weight excluding hydrogens is 412 g/mol. The molecule has 138 valence electrons. The van der Waals surface area contributed by atoms with Crippen LogP contribution in [0.2, 0.25) is 0 Å². The van der Waals surface area contributed by atoms with Gasteiger partial charge in [0, 0.05) is 10.0 Å². The van der Waals surface area contributed by atoms with E-state index in [4.69, 9.17) is 4.74 Å². The summed E-state index contributed by atoms with van der Waals surface area (Å²) in [5.41, 5.74) is -2.04. The van der Waals surface area contributed by atoms with Gasteiger partial charge in [0.05, 0.1) is 6.61 Å². The van der Waals surface area contributed by atoms with E-state index < -0.39 is 41.1 Å². The van der Waals surface area contributed by atoms with Gasteiger partial charge in [0.25, 0.3) is 0 Å². The molecule has 10 heteroatoms. The molecular formula is C15H15BrF4N2O3. The first-order chi connectivity index (χ1) is 11.6. The van der Waals surface area contributed by atoms with Crippen LogP contribution in [0.3, 0.4) is 0 Å². The van der Waals surface area contributed by atoms with E-state index in [-0.39, 0.29) is 23.9 Å². The summed E-state index contributed by atoms with van der Waals surface area (Å²) >= 11 is 2.95. The number of carbonyl (C=O) groups is 2. The Morgan fingerprint density at radius 1 is 1.36 bits per heavy atom. The lowest BCUT2D eigenvalue weighted by molar-refractivity contribution is -0.155. The largest absolute Gasteiger partial charge is 0.464 e. The number of carbonyl (C=O) groups excluding carboxylic acids is 2. The monoisotopic (exact) mass is 426 g/mol. The Balaban J connectivity index is 2.15. The summed E-state index contributed by atoms with van der Waals surface area (Å²) < 4.78 is 58.7. The van der Waals surface area contributed by atoms with Crippen molar-refractivity contribution in [2.75, 3.05) is 6.61 Å². The number of hydrogen-bond acceptors (Lipinski definition) is 3. The second-order valence-corrected chi connectivity index (χ2v) is 6.46. The van der Waals surface area contributed by atoms with Gasteiger partial charge in [-0.25, -0.2) is 14.0 Å². The van der Waals surface area contributed by atoms with Gasteiger partial charge in [0.2, 0.25) is 0 Å². The third kappa shape index (κ3) is 4.62. The van der Waals surface area contributed by atoms with Crippen molar-refractivity contribution in [3.63, 3.8) is 0 Å². The number of benzene rings is 1. The highest BCUT2D eigenvalue weighted by Gasteiger charge is 2.53. The molecule has 25 heavy (non-hydrogen) atoms. The van der Waals surface area contributed by atoms with Crippen molar-refractivity contribution in [1.29, 1.82) is 0 Å². The molecule has 0 aromatic heterocycles. The first-order valence-electron chi connectivity index (χ1n) is 7.36. The van der Waals surface area contributed by atoms with Crippen molar-refractivity contribution in [3.8, 4) is 0 Å². The maximum absolute atomic E-state index is 13.9. The number of rotatable bonds is 5. The van der Waals surface area contributed by atoms with Crippen LogP contribution >= 0.6 is 15.9 Å². The fraction of sp³-hybridized carbons (Fsp3) is 0.467. The molecule has 1 atom stereocenters. The number of urea groups is 1. The van der Waals surface area contributed by atoms with Crippen LogP contribution in [0.15, 0.2) is 22.7 Å². The summed E-state index contributed by atoms with van der Waals surface area (Å²) in [4.78, 5) is 23.7. The molecule has 1 aliphatic rings. The van der Waals surface area contributed by atoms with Crippen LogP contribution < -0.4 is 10.6 Å². The van der Waals surface area contributed by atoms with Crippen molar-refractivity contribution < 1.29 is 31.9 Å². The van der Waals surface area contributed by atoms with Crippen molar-refractivity contribution in [3.05, 3.63) is 34.1 Å². The summed E-state index contributed by atoms with van der Waals surface area (Å²) in [6.45, 7) is 1.66. The van der Waals surface area contributed by atoms with E-state index in [1.54, 1.807) is 12.2 Å². The maximum Gasteiger partial charge on any atom is 0.413 e. The Labute approximate surface area is 149 Å². The molecule has 0 saturated heterocycles. The van der Waals surface area contributed by atoms with Gasteiger partial charge >= 0.3 is 18.2 Å². The topological polar surface area (TPSA) is 67.4 Å². The van der Waals surface area contributed by atoms with Crippen LogP contribution in [0.4, 0.5) is 22.4 Å². The Bertz CT molecular complexity index is 677. The van der Waals surface area contributed by atoms with Crippen molar-refractivity contribution >= 4 is 27.9 Å². The normalized spacial score (nSPS) is 16.7. The molecule has 0 unspecified atom stereocenters. The maximum atomic E-state index is 13.9. The van der Waals surface area contributed by atoms with Crippen molar-refractivity contribution in [2.45, 2.75) is 37.5 Å². The first kappa shape index (κ1) is 19.5. The van der Waals surface area contributed by atoms with Gasteiger partial charge in [-0.05, 0) is 31.9 Å². The average molecular weight is 427 g/mol. The molecule has 1 saturated carbocycles. The predicted molar refractivity (Wildman–Crippen MR) is 83.2 cm³/mol. The molecule has 2 N–H and O–H groups in total. The Morgan fingerprint density at radius 3 is 2.48 bits per heavy atom. The molecule has 1 aliphatic carbocycles. The van der Waals surface area contributed by atoms with Crippen LogP contribution in [0, 0.1) is 5.82 Å². The molecule has 2 amide bonds. The van der Waals surface area contributed by atoms with Crippen LogP contribution in [0.5, 0.6) is 0 Å². The lowest BCUT2D eigenvalue weighted by Crippen LogP contribution is -2.51. The van der Waals surface area contributed by atoms with Gasteiger partial charge in [-0.15, -0.1) is 0 Å². The third-order valence-corrected chi connectivity index (χ3v) is 4.14. The summed E-state index contributed by atoms with van der Waals surface area (Å²) in [7, 11) is 0. The minimum Gasteiger partial charge on any atom is -0.464 e. The second-order valence-electron chi connectivity index (χ2n) is 5.54. The van der Waals surface area contributed by atoms with Crippen LogP contribution in [-0.2, 0) is 9.53 Å². The molecule has 2 rings (SSSR count). The van der Waals surface area contributed by atoms with E-state index in [9.17, 15) is 27.2 Å². The van der Waals surface area contributed by atoms with Gasteiger partial charge in [-0.3, -0.25) is 0 Å². The Morgan fingerprint density at radius 2 is 2.00 bits per heavy atom. The quantitative estimate of drug-likeness (QED) is 0.558. The minimum atomic E-state index is -4.92. The van der Waals surface area contributed by atoms with E-state index in [2.05, 4.69) is 21.2 Å². The zero-order valence-corrected chi connectivity index (χ0v) is 14.6. The second kappa shape index (κ2) is 7.19. The lowest BCUT2D eigenvalue weighted by Gasteiger charge is -2.24. The standard InChI is InChI=1S/C15H15BrF4N2O3/c1-2-25-12(23)14(5-6-14)22-13(24)21-11(15(18,19)20)9-4-3-8(16)7-10(9)17/h3-4,7,11H,2,5-6H2,1H3,(H2,21,22,24)/t11-/m0/s1. The summed E-state index contributed by atoms with van der Waals surface area (Å²) in [5, 5.41) is 3.89. The Hall–Kier alpha value is -1.84. The first-order valence-corrected chi connectivity index (χ1v) is 8.16. The molecule has 0 spiro atoms. The minimum absolute atomic E-state index is 0.0825. The highest BCUT2D eigenvalue weighted by Crippen LogP contribution is 2.38. The summed E-state index contributed by atoms with van der Waals surface area (Å²) in [5.74, 6) is -1.83. The van der Waals surface area contributed by atoms with Crippen molar-refractivity contribution in [1.82, 2.24) is 10.6 Å². The number of hydrogen-bond donors (Lipinski definition) is 2. The summed E-state index contributed by atoms with van der Waals surface area (Å²) in [6, 6.07) is -0.753. The highest BCUT2D eigenvalue weighted by atomic mass is 79.9. The van der Waals surface area contributed by atoms with Gasteiger partial charge in [-0.2, -0.15) is 13.2 Å². The molecule has 1 fully saturated rings. The molecule has 0 bridgehead atoms. The predicted octanol–water partition coefficient (Wildman–Crippen LogP) is 3.59. The van der Waals surface area contributed by atoms with Gasteiger partial charge in [-0.1, -0.05) is 22.0 Å². The van der Waals surface area contributed by atoms with Crippen LogP contribution in [0.25, 0.3) is 0 Å². The lowest BCUT2D eigenvalue weighted by atomic mass is 10.1. The molecule has 0 heterocycles. The SMILES string of the molecule is CCOC(=O)C1(NC(=O)N[C@@H](c2ccc(Br)cc2F)C(F)(F)F)CC1. The van der Waals surface area contributed by atoms with E-state index in [0.717, 1.165) is 12.1 Å². The van der Waals surface area contributed by atoms with Gasteiger partial charge < -0.3 is 15.4 Å². The Kier molecular flexibility index (Phi) is 5.60. The zero-order chi connectivity index (χ0) is 18.8. The van der Waals surface area contributed by atoms with E-state index in [1.807, 2.05) is 0 Å². The number of amides is 2. The van der Waals surface area contributed by atoms with Crippen molar-refractivity contribution in [2.24, 2.45) is 0 Å². The number of alkyl halides is 3.